The summed E-state index contributed by atoms with van der Waals surface area (Å²) in [4.78, 5) is 12.3. The van der Waals surface area contributed by atoms with Crippen LogP contribution in [-0.2, 0) is 0 Å². The van der Waals surface area contributed by atoms with Crippen molar-refractivity contribution in [2.75, 3.05) is 6.79 Å². The number of aromatic hydroxyl groups is 1. The van der Waals surface area contributed by atoms with E-state index in [1.165, 1.54) is 0 Å². The Morgan fingerprint density at radius 1 is 1.18 bits per heavy atom. The van der Waals surface area contributed by atoms with E-state index in [2.05, 4.69) is 5.32 Å². The molecule has 8 nitrogen and oxygen atoms in total. The highest BCUT2D eigenvalue weighted by Crippen LogP contribution is 2.49. The molecule has 1 aliphatic carbocycles. The lowest BCUT2D eigenvalue weighted by Gasteiger charge is -2.45. The van der Waals surface area contributed by atoms with Crippen LogP contribution in [0.3, 0.4) is 0 Å². The Bertz CT molecular complexity index is 661. The number of ether oxygens (including phenoxy) is 2. The molecule has 5 unspecified atom stereocenters. The third-order valence-electron chi connectivity index (χ3n) is 4.60. The average Bonchev–Trinajstić information content (AvgIpc) is 2.93. The van der Waals surface area contributed by atoms with Gasteiger partial charge in [0.2, 0.25) is 12.5 Å². The fraction of sp³-hybridized carbons (Fsp3) is 0.500. The van der Waals surface area contributed by atoms with Crippen LogP contribution in [0.15, 0.2) is 6.07 Å². The summed E-state index contributed by atoms with van der Waals surface area (Å²) in [7, 11) is 0. The smallest absolute Gasteiger partial charge is 0.255 e. The summed E-state index contributed by atoms with van der Waals surface area (Å²) >= 11 is 0. The Labute approximate surface area is 124 Å². The maximum Gasteiger partial charge on any atom is 0.255 e. The van der Waals surface area contributed by atoms with E-state index in [1.807, 2.05) is 0 Å². The number of rotatable bonds is 0. The Kier molecular flexibility index (Phi) is 2.77. The van der Waals surface area contributed by atoms with E-state index in [1.54, 1.807) is 6.07 Å². The van der Waals surface area contributed by atoms with Crippen molar-refractivity contribution in [2.24, 2.45) is 0 Å². The van der Waals surface area contributed by atoms with Crippen molar-refractivity contribution in [2.45, 2.75) is 36.7 Å². The van der Waals surface area contributed by atoms with E-state index in [4.69, 9.17) is 9.47 Å². The number of nitrogens with one attached hydrogen (secondary N) is 1. The second kappa shape index (κ2) is 4.48. The molecule has 5 atom stereocenters. The molecule has 3 aliphatic rings. The Balaban J connectivity index is 1.90. The fourth-order valence-electron chi connectivity index (χ4n) is 3.57. The van der Waals surface area contributed by atoms with Crippen LogP contribution in [0.4, 0.5) is 0 Å². The largest absolute Gasteiger partial charge is 0.504 e. The maximum absolute atomic E-state index is 12.3. The van der Waals surface area contributed by atoms with E-state index >= 15 is 0 Å². The van der Waals surface area contributed by atoms with Crippen molar-refractivity contribution in [3.05, 3.63) is 17.2 Å². The first kappa shape index (κ1) is 13.6. The molecule has 0 bridgehead atoms. The van der Waals surface area contributed by atoms with Gasteiger partial charge < -0.3 is 35.2 Å². The Morgan fingerprint density at radius 2 is 1.95 bits per heavy atom. The molecule has 0 saturated heterocycles. The van der Waals surface area contributed by atoms with Crippen molar-refractivity contribution in [1.29, 1.82) is 0 Å². The zero-order valence-corrected chi connectivity index (χ0v) is 11.4. The second-order valence-corrected chi connectivity index (χ2v) is 5.81. The van der Waals surface area contributed by atoms with E-state index in [9.17, 15) is 25.2 Å². The van der Waals surface area contributed by atoms with Gasteiger partial charge in [-0.3, -0.25) is 4.79 Å². The van der Waals surface area contributed by atoms with Crippen LogP contribution in [0.2, 0.25) is 0 Å². The summed E-state index contributed by atoms with van der Waals surface area (Å²) in [6.45, 7) is -0.0641. The number of hydrogen-bond donors (Lipinski definition) is 5. The molecule has 8 heteroatoms. The van der Waals surface area contributed by atoms with Crippen LogP contribution in [0.1, 0.15) is 28.3 Å². The number of hydrogen-bond acceptors (Lipinski definition) is 7. The van der Waals surface area contributed by atoms with Crippen molar-refractivity contribution < 1.29 is 34.7 Å². The molecule has 0 radical (unpaired) electrons. The Hall–Kier alpha value is -2.03. The number of phenols is 1. The van der Waals surface area contributed by atoms with Crippen molar-refractivity contribution >= 4 is 5.91 Å². The predicted molar refractivity (Wildman–Crippen MR) is 70.9 cm³/mol. The van der Waals surface area contributed by atoms with Gasteiger partial charge in [-0.1, -0.05) is 0 Å². The van der Waals surface area contributed by atoms with Crippen LogP contribution >= 0.6 is 0 Å². The van der Waals surface area contributed by atoms with E-state index in [0.29, 0.717) is 5.56 Å². The number of amides is 1. The highest BCUT2D eigenvalue weighted by atomic mass is 16.7. The minimum Gasteiger partial charge on any atom is -0.504 e. The van der Waals surface area contributed by atoms with Gasteiger partial charge in [0.1, 0.15) is 6.10 Å². The summed E-state index contributed by atoms with van der Waals surface area (Å²) in [5.74, 6) is -1.19. The molecule has 0 spiro atoms. The minimum atomic E-state index is -1.20. The van der Waals surface area contributed by atoms with E-state index < -0.39 is 36.2 Å². The molecular weight excluding hydrogens is 294 g/mol. The van der Waals surface area contributed by atoms with Crippen molar-refractivity contribution in [3.63, 3.8) is 0 Å². The molecule has 1 aromatic carbocycles. The van der Waals surface area contributed by atoms with Crippen molar-refractivity contribution in [3.8, 4) is 17.2 Å². The summed E-state index contributed by atoms with van der Waals surface area (Å²) in [6.07, 6.45) is -3.31. The first-order valence-corrected chi connectivity index (χ1v) is 6.99. The lowest BCUT2D eigenvalue weighted by atomic mass is 9.71. The predicted octanol–water partition coefficient (Wildman–Crippen LogP) is -1.20. The molecule has 118 valence electrons. The van der Waals surface area contributed by atoms with Crippen LogP contribution in [0, 0.1) is 0 Å². The lowest BCUT2D eigenvalue weighted by molar-refractivity contribution is -0.0793. The molecule has 22 heavy (non-hydrogen) atoms. The van der Waals surface area contributed by atoms with Gasteiger partial charge in [0.05, 0.1) is 23.8 Å². The van der Waals surface area contributed by atoms with Gasteiger partial charge in [0.15, 0.2) is 11.5 Å². The van der Waals surface area contributed by atoms with Gasteiger partial charge in [-0.2, -0.15) is 0 Å². The van der Waals surface area contributed by atoms with Gasteiger partial charge in [-0.25, -0.2) is 0 Å². The SMILES string of the molecule is O=C1NC2C(O)C(O)CC(O)C2c2cc3c(c(O)c21)OCO3. The molecule has 0 aromatic heterocycles. The molecular formula is C14H15NO7. The highest BCUT2D eigenvalue weighted by Gasteiger charge is 2.49. The number of carbonyl (C=O) groups is 1. The Morgan fingerprint density at radius 3 is 2.73 bits per heavy atom. The zero-order valence-electron chi connectivity index (χ0n) is 11.4. The van der Waals surface area contributed by atoms with Gasteiger partial charge in [0, 0.05) is 12.3 Å². The van der Waals surface area contributed by atoms with E-state index in [-0.39, 0.29) is 36.0 Å². The zero-order chi connectivity index (χ0) is 15.6. The first-order valence-electron chi connectivity index (χ1n) is 6.99. The molecule has 5 N–H and O–H groups in total. The maximum atomic E-state index is 12.3. The second-order valence-electron chi connectivity index (χ2n) is 5.81. The average molecular weight is 309 g/mol. The molecule has 1 saturated carbocycles. The van der Waals surface area contributed by atoms with Gasteiger partial charge >= 0.3 is 0 Å². The number of aliphatic hydroxyl groups excluding tert-OH is 3. The number of carbonyl (C=O) groups excluding carboxylic acids is 1. The lowest BCUT2D eigenvalue weighted by Crippen LogP contribution is -2.61. The van der Waals surface area contributed by atoms with Crippen LogP contribution < -0.4 is 14.8 Å². The summed E-state index contributed by atoms with van der Waals surface area (Å²) in [5.41, 5.74) is 0.391. The number of aliphatic hydroxyl groups is 3. The van der Waals surface area contributed by atoms with Crippen LogP contribution in [0.25, 0.3) is 0 Å². The topological polar surface area (TPSA) is 128 Å². The van der Waals surface area contributed by atoms with Crippen LogP contribution in [0.5, 0.6) is 17.2 Å². The van der Waals surface area contributed by atoms with Gasteiger partial charge in [-0.05, 0) is 11.6 Å². The highest BCUT2D eigenvalue weighted by molar-refractivity contribution is 6.01. The minimum absolute atomic E-state index is 0.00754. The molecule has 1 amide bonds. The third kappa shape index (κ3) is 1.65. The molecule has 2 heterocycles. The van der Waals surface area contributed by atoms with Crippen LogP contribution in [-0.4, -0.2) is 57.5 Å². The fourth-order valence-corrected chi connectivity index (χ4v) is 3.57. The standard InChI is InChI=1S/C14H15NO7/c16-5-2-6(17)11(18)10-8(5)4-1-7-13(22-3-21-7)12(19)9(4)14(20)15-10/h1,5-6,8,10-11,16-19H,2-3H2,(H,15,20). The van der Waals surface area contributed by atoms with Gasteiger partial charge in [-0.15, -0.1) is 0 Å². The molecule has 1 fully saturated rings. The van der Waals surface area contributed by atoms with E-state index in [0.717, 1.165) is 0 Å². The molecule has 4 rings (SSSR count). The normalized spacial score (nSPS) is 35.6. The number of phenolic OH excluding ortho intramolecular Hbond substituents is 1. The summed E-state index contributed by atoms with van der Waals surface area (Å²) in [6, 6.07) is 0.708. The van der Waals surface area contributed by atoms with Gasteiger partial charge in [0.25, 0.3) is 5.91 Å². The third-order valence-corrected chi connectivity index (χ3v) is 4.60. The number of fused-ring (bicyclic) bond motifs is 4. The summed E-state index contributed by atoms with van der Waals surface area (Å²) < 4.78 is 10.4. The number of benzene rings is 1. The van der Waals surface area contributed by atoms with Crippen molar-refractivity contribution in [1.82, 2.24) is 5.32 Å². The monoisotopic (exact) mass is 309 g/mol. The molecule has 1 aromatic rings. The molecule has 2 aliphatic heterocycles. The quantitative estimate of drug-likeness (QED) is 0.407. The summed E-state index contributed by atoms with van der Waals surface area (Å²) in [5, 5.41) is 43.0. The first-order chi connectivity index (χ1) is 10.5.